The van der Waals surface area contributed by atoms with Crippen molar-refractivity contribution in [2.24, 2.45) is 11.3 Å². The van der Waals surface area contributed by atoms with E-state index < -0.39 is 0 Å². The largest absolute Gasteiger partial charge is 0.313 e. The van der Waals surface area contributed by atoms with Crippen LogP contribution in [0, 0.1) is 11.3 Å². The van der Waals surface area contributed by atoms with Gasteiger partial charge in [0.1, 0.15) is 0 Å². The van der Waals surface area contributed by atoms with Crippen LogP contribution in [0.15, 0.2) is 0 Å². The molecule has 2 nitrogen and oxygen atoms in total. The van der Waals surface area contributed by atoms with Crippen LogP contribution in [0.3, 0.4) is 0 Å². The van der Waals surface area contributed by atoms with E-state index in [0.29, 0.717) is 5.41 Å². The Morgan fingerprint density at radius 3 is 2.38 bits per heavy atom. The molecule has 96 valence electrons. The lowest BCUT2D eigenvalue weighted by Gasteiger charge is -2.35. The van der Waals surface area contributed by atoms with E-state index in [9.17, 15) is 0 Å². The molecule has 0 radical (unpaired) electrons. The summed E-state index contributed by atoms with van der Waals surface area (Å²) in [6.45, 7) is 9.40. The van der Waals surface area contributed by atoms with E-state index in [1.807, 2.05) is 0 Å². The molecule has 0 aromatic heterocycles. The van der Waals surface area contributed by atoms with Gasteiger partial charge < -0.3 is 10.2 Å². The highest BCUT2D eigenvalue weighted by molar-refractivity contribution is 4.82. The molecule has 0 heterocycles. The number of hydrogen-bond acceptors (Lipinski definition) is 2. The molecule has 1 rings (SSSR count). The van der Waals surface area contributed by atoms with Crippen LogP contribution >= 0.6 is 0 Å². The second-order valence-electron chi connectivity index (χ2n) is 6.65. The first-order valence-electron chi connectivity index (χ1n) is 6.79. The van der Waals surface area contributed by atoms with Gasteiger partial charge in [-0.1, -0.05) is 33.6 Å². The van der Waals surface area contributed by atoms with Crippen LogP contribution in [0.4, 0.5) is 0 Å². The summed E-state index contributed by atoms with van der Waals surface area (Å²) < 4.78 is 0. The van der Waals surface area contributed by atoms with E-state index in [1.54, 1.807) is 0 Å². The van der Waals surface area contributed by atoms with E-state index in [4.69, 9.17) is 0 Å². The predicted octanol–water partition coefficient (Wildman–Crippen LogP) is 2.74. The molecule has 1 aliphatic carbocycles. The van der Waals surface area contributed by atoms with Crippen molar-refractivity contribution in [1.29, 1.82) is 0 Å². The fourth-order valence-electron chi connectivity index (χ4n) is 2.94. The molecule has 2 atom stereocenters. The maximum absolute atomic E-state index is 3.79. The smallest absolute Gasteiger partial charge is 0.00929 e. The van der Waals surface area contributed by atoms with Crippen LogP contribution in [0.5, 0.6) is 0 Å². The first-order chi connectivity index (χ1) is 7.41. The quantitative estimate of drug-likeness (QED) is 0.775. The van der Waals surface area contributed by atoms with Gasteiger partial charge in [0.25, 0.3) is 0 Å². The normalized spacial score (nSPS) is 27.4. The van der Waals surface area contributed by atoms with Crippen molar-refractivity contribution in [1.82, 2.24) is 10.2 Å². The van der Waals surface area contributed by atoms with Crippen molar-refractivity contribution in [2.45, 2.75) is 52.5 Å². The first kappa shape index (κ1) is 14.0. The third kappa shape index (κ3) is 4.84. The van der Waals surface area contributed by atoms with Crippen LogP contribution in [0.1, 0.15) is 46.5 Å². The second kappa shape index (κ2) is 6.02. The van der Waals surface area contributed by atoms with Gasteiger partial charge in [-0.3, -0.25) is 0 Å². The van der Waals surface area contributed by atoms with Crippen LogP contribution in [-0.2, 0) is 0 Å². The lowest BCUT2D eigenvalue weighted by molar-refractivity contribution is 0.199. The molecule has 2 unspecified atom stereocenters. The van der Waals surface area contributed by atoms with Gasteiger partial charge in [0, 0.05) is 19.1 Å². The minimum absolute atomic E-state index is 0.376. The predicted molar refractivity (Wildman–Crippen MR) is 71.8 cm³/mol. The van der Waals surface area contributed by atoms with Gasteiger partial charge in [-0.2, -0.15) is 0 Å². The van der Waals surface area contributed by atoms with Crippen molar-refractivity contribution >= 4 is 0 Å². The van der Waals surface area contributed by atoms with E-state index >= 15 is 0 Å². The monoisotopic (exact) mass is 226 g/mol. The van der Waals surface area contributed by atoms with Gasteiger partial charge in [-0.05, 0) is 38.3 Å². The summed E-state index contributed by atoms with van der Waals surface area (Å²) in [5, 5.41) is 3.79. The second-order valence-corrected chi connectivity index (χ2v) is 6.65. The minimum atomic E-state index is 0.376. The summed E-state index contributed by atoms with van der Waals surface area (Å²) in [6, 6.07) is 0.759. The summed E-state index contributed by atoms with van der Waals surface area (Å²) in [6.07, 6.45) is 5.63. The van der Waals surface area contributed by atoms with Crippen molar-refractivity contribution in [3.05, 3.63) is 0 Å². The molecule has 16 heavy (non-hydrogen) atoms. The Bertz CT molecular complexity index is 199. The molecule has 1 saturated carbocycles. The maximum Gasteiger partial charge on any atom is 0.00929 e. The Balaban J connectivity index is 2.31. The topological polar surface area (TPSA) is 15.3 Å². The number of rotatable bonds is 5. The van der Waals surface area contributed by atoms with Crippen LogP contribution < -0.4 is 5.32 Å². The average Bonchev–Trinajstić information content (AvgIpc) is 2.14. The molecule has 1 aliphatic rings. The Morgan fingerprint density at radius 1 is 1.19 bits per heavy atom. The summed E-state index contributed by atoms with van der Waals surface area (Å²) >= 11 is 0. The molecular weight excluding hydrogens is 196 g/mol. The minimum Gasteiger partial charge on any atom is -0.313 e. The third-order valence-corrected chi connectivity index (χ3v) is 3.70. The Morgan fingerprint density at radius 2 is 1.81 bits per heavy atom. The lowest BCUT2D eigenvalue weighted by atomic mass is 9.84. The Labute approximate surface area is 102 Å². The van der Waals surface area contributed by atoms with Crippen molar-refractivity contribution in [2.75, 3.05) is 27.2 Å². The molecule has 2 heteroatoms. The van der Waals surface area contributed by atoms with Gasteiger partial charge in [0.2, 0.25) is 0 Å². The Kier molecular flexibility index (Phi) is 5.26. The molecule has 0 aliphatic heterocycles. The average molecular weight is 226 g/mol. The molecule has 0 bridgehead atoms. The highest BCUT2D eigenvalue weighted by Gasteiger charge is 2.24. The number of nitrogens with zero attached hydrogens (tertiary/aromatic N) is 1. The van der Waals surface area contributed by atoms with Gasteiger partial charge in [-0.25, -0.2) is 0 Å². The maximum atomic E-state index is 3.79. The molecule has 1 N–H and O–H groups in total. The number of hydrogen-bond donors (Lipinski definition) is 1. The van der Waals surface area contributed by atoms with Crippen molar-refractivity contribution in [3.8, 4) is 0 Å². The molecular formula is C14H30N2. The zero-order chi connectivity index (χ0) is 12.2. The molecule has 0 amide bonds. The van der Waals surface area contributed by atoms with Gasteiger partial charge in [0.15, 0.2) is 0 Å². The van der Waals surface area contributed by atoms with Crippen molar-refractivity contribution < 1.29 is 0 Å². The molecule has 0 aromatic rings. The van der Waals surface area contributed by atoms with Crippen molar-refractivity contribution in [3.63, 3.8) is 0 Å². The summed E-state index contributed by atoms with van der Waals surface area (Å²) in [5.41, 5.74) is 0.376. The van der Waals surface area contributed by atoms with E-state index in [0.717, 1.165) is 25.0 Å². The Hall–Kier alpha value is -0.0800. The third-order valence-electron chi connectivity index (χ3n) is 3.70. The fourth-order valence-corrected chi connectivity index (χ4v) is 2.94. The van der Waals surface area contributed by atoms with Gasteiger partial charge in [0.05, 0.1) is 0 Å². The standard InChI is InChI=1S/C14H30N2/c1-12-8-6-7-9-13(12)15-10-14(2,3)11-16(4)5/h12-13,15H,6-11H2,1-5H3. The highest BCUT2D eigenvalue weighted by Crippen LogP contribution is 2.25. The van der Waals surface area contributed by atoms with Gasteiger partial charge in [-0.15, -0.1) is 0 Å². The summed E-state index contributed by atoms with van der Waals surface area (Å²) in [4.78, 5) is 2.28. The summed E-state index contributed by atoms with van der Waals surface area (Å²) in [5.74, 6) is 0.865. The molecule has 0 aromatic carbocycles. The molecule has 0 spiro atoms. The van der Waals surface area contributed by atoms with Gasteiger partial charge >= 0.3 is 0 Å². The molecule has 1 fully saturated rings. The highest BCUT2D eigenvalue weighted by atomic mass is 15.1. The SMILES string of the molecule is CC1CCCCC1NCC(C)(C)CN(C)C. The van der Waals surface area contributed by atoms with E-state index in [1.165, 1.54) is 25.7 Å². The van der Waals surface area contributed by atoms with Crippen LogP contribution in [-0.4, -0.2) is 38.1 Å². The fraction of sp³-hybridized carbons (Fsp3) is 1.00. The molecule has 0 saturated heterocycles. The summed E-state index contributed by atoms with van der Waals surface area (Å²) in [7, 11) is 4.32. The van der Waals surface area contributed by atoms with E-state index in [-0.39, 0.29) is 0 Å². The number of nitrogens with one attached hydrogen (secondary N) is 1. The lowest BCUT2D eigenvalue weighted by Crippen LogP contribution is -2.45. The zero-order valence-electron chi connectivity index (χ0n) is 11.8. The first-order valence-corrected chi connectivity index (χ1v) is 6.79. The zero-order valence-corrected chi connectivity index (χ0v) is 11.8. The van der Waals surface area contributed by atoms with Crippen LogP contribution in [0.2, 0.25) is 0 Å². The van der Waals surface area contributed by atoms with E-state index in [2.05, 4.69) is 45.1 Å². The van der Waals surface area contributed by atoms with Crippen LogP contribution in [0.25, 0.3) is 0 Å².